The van der Waals surface area contributed by atoms with Gasteiger partial charge >= 0.3 is 0 Å². The largest absolute Gasteiger partial charge is 1.00 e. The highest BCUT2D eigenvalue weighted by Gasteiger charge is 2.18. The molecule has 0 saturated carbocycles. The zero-order valence-corrected chi connectivity index (χ0v) is 31.4. The van der Waals surface area contributed by atoms with E-state index in [0.717, 1.165) is 22.5 Å². The van der Waals surface area contributed by atoms with E-state index in [9.17, 15) is 0 Å². The van der Waals surface area contributed by atoms with Crippen LogP contribution in [0.2, 0.25) is 0 Å². The first-order valence-electron chi connectivity index (χ1n) is 11.5. The van der Waals surface area contributed by atoms with Crippen LogP contribution in [0.1, 0.15) is 43.9 Å². The Balaban J connectivity index is -0.000000628. The summed E-state index contributed by atoms with van der Waals surface area (Å²) in [6.07, 6.45) is 4.94. The van der Waals surface area contributed by atoms with Crippen molar-refractivity contribution in [1.29, 1.82) is 0 Å². The van der Waals surface area contributed by atoms with E-state index < -0.39 is 0 Å². The van der Waals surface area contributed by atoms with Gasteiger partial charge in [-0.15, -0.1) is 34.0 Å². The van der Waals surface area contributed by atoms with Crippen LogP contribution in [0.5, 0.6) is 0 Å². The van der Waals surface area contributed by atoms with Gasteiger partial charge in [0, 0.05) is 52.3 Å². The van der Waals surface area contributed by atoms with Crippen molar-refractivity contribution < 1.29 is 58.8 Å². The van der Waals surface area contributed by atoms with Crippen LogP contribution in [0, 0.1) is 27.7 Å². The van der Waals surface area contributed by atoms with Crippen molar-refractivity contribution in [3.05, 3.63) is 67.3 Å². The second kappa shape index (κ2) is 21.5. The lowest BCUT2D eigenvalue weighted by Gasteiger charge is -2.01. The summed E-state index contributed by atoms with van der Waals surface area (Å²) < 4.78 is 4.22. The highest BCUT2D eigenvalue weighted by Crippen LogP contribution is 2.15. The van der Waals surface area contributed by atoms with Gasteiger partial charge in [-0.05, 0) is 13.8 Å². The lowest BCUT2D eigenvalue weighted by Crippen LogP contribution is -3.00. The van der Waals surface area contributed by atoms with E-state index in [1.54, 1.807) is 35.1 Å². The van der Waals surface area contributed by atoms with Crippen molar-refractivity contribution in [2.45, 2.75) is 53.6 Å². The molecular weight excluding hydrogens is 832 g/mol. The molecule has 4 aromatic rings. The molecule has 0 saturated heterocycles. The average molecular weight is 870 g/mol. The van der Waals surface area contributed by atoms with Crippen molar-refractivity contribution in [3.8, 4) is 0 Å². The summed E-state index contributed by atoms with van der Waals surface area (Å²) in [4.78, 5) is 19.1. The molecule has 0 amide bonds. The molecule has 17 heteroatoms. The fourth-order valence-electron chi connectivity index (χ4n) is 3.53. The summed E-state index contributed by atoms with van der Waals surface area (Å²) in [6.45, 7) is 9.43. The van der Waals surface area contributed by atoms with Crippen LogP contribution in [0.3, 0.4) is 0 Å². The number of aryl methyl sites for hydroxylation is 2. The molecule has 0 aliphatic rings. The first-order chi connectivity index (χ1) is 17.2. The SMILES string of the molecule is Br.Br.Cc1ncc(C[n+]2csc(CCO)c2C)c(N)n1.Cc1ncc(C[n+]2csc(CCO)c2C)c(N)n1.O.[Br-].[Br-]. The molecular formula is C24H38Br4N8O3S2. The molecule has 11 nitrogen and oxygen atoms in total. The Kier molecular flexibility index (Phi) is 23.2. The second-order valence-electron chi connectivity index (χ2n) is 8.32. The molecule has 232 valence electrons. The van der Waals surface area contributed by atoms with E-state index in [-0.39, 0.29) is 86.6 Å². The minimum Gasteiger partial charge on any atom is -1.00 e. The molecule has 8 N–H and O–H groups in total. The monoisotopic (exact) mass is 866 g/mol. The van der Waals surface area contributed by atoms with Crippen LogP contribution in [0.25, 0.3) is 0 Å². The quantitative estimate of drug-likeness (QED) is 0.128. The highest BCUT2D eigenvalue weighted by molar-refractivity contribution is 8.93. The van der Waals surface area contributed by atoms with Crippen LogP contribution in [-0.4, -0.2) is 48.8 Å². The first-order valence-corrected chi connectivity index (χ1v) is 13.3. The molecule has 0 radical (unpaired) electrons. The predicted octanol–water partition coefficient (Wildman–Crippen LogP) is -4.45. The number of aliphatic hydroxyl groups is 2. The number of nitrogens with two attached hydrogens (primary N) is 2. The Morgan fingerprint density at radius 2 is 1.05 bits per heavy atom. The normalized spacial score (nSPS) is 9.51. The predicted molar refractivity (Wildman–Crippen MR) is 165 cm³/mol. The molecule has 0 bridgehead atoms. The van der Waals surface area contributed by atoms with Crippen molar-refractivity contribution in [1.82, 2.24) is 19.9 Å². The molecule has 4 rings (SSSR count). The lowest BCUT2D eigenvalue weighted by atomic mass is 10.2. The maximum absolute atomic E-state index is 8.98. The van der Waals surface area contributed by atoms with Gasteiger partial charge in [0.05, 0.1) is 20.9 Å². The molecule has 4 aromatic heterocycles. The standard InChI is InChI=1S/2C12H17N4OS.4BrH.H2O/c2*1-8-11(3-4-17)18-7-16(8)6-10-5-14-9(2)15-12(10)13;;;;;/h2*5,7,17H,3-4,6H2,1-2H3,(H2,13,14,15);4*1H;1H2/q2*+1;;;;;/p-2. The number of hydrogen-bond donors (Lipinski definition) is 4. The Morgan fingerprint density at radius 1 is 0.707 bits per heavy atom. The molecule has 0 fully saturated rings. The molecule has 41 heavy (non-hydrogen) atoms. The van der Waals surface area contributed by atoms with Gasteiger partial charge in [-0.25, -0.2) is 19.9 Å². The minimum atomic E-state index is 0. The van der Waals surface area contributed by atoms with Crippen molar-refractivity contribution in [3.63, 3.8) is 0 Å². The van der Waals surface area contributed by atoms with E-state index in [1.807, 2.05) is 38.7 Å². The number of nitrogen functional groups attached to an aromatic ring is 2. The molecule has 0 atom stereocenters. The van der Waals surface area contributed by atoms with Crippen LogP contribution in [0.4, 0.5) is 11.6 Å². The fourth-order valence-corrected chi connectivity index (χ4v) is 5.50. The summed E-state index contributed by atoms with van der Waals surface area (Å²) in [5.74, 6) is 2.43. The summed E-state index contributed by atoms with van der Waals surface area (Å²) in [5.41, 5.74) is 20.0. The van der Waals surface area contributed by atoms with E-state index in [1.165, 1.54) is 9.75 Å². The van der Waals surface area contributed by atoms with Gasteiger partial charge in [-0.3, -0.25) is 0 Å². The number of thiazole rings is 2. The Hall–Kier alpha value is -1.18. The Morgan fingerprint density at radius 3 is 1.34 bits per heavy atom. The number of aliphatic hydroxyl groups excluding tert-OH is 2. The second-order valence-corrected chi connectivity index (χ2v) is 10.2. The van der Waals surface area contributed by atoms with Crippen molar-refractivity contribution in [2.75, 3.05) is 24.7 Å². The topological polar surface area (TPSA) is 183 Å². The number of anilines is 2. The summed E-state index contributed by atoms with van der Waals surface area (Å²) >= 11 is 3.30. The third-order valence-electron chi connectivity index (χ3n) is 5.71. The van der Waals surface area contributed by atoms with Gasteiger partial charge in [-0.2, -0.15) is 9.13 Å². The third-order valence-corrected chi connectivity index (χ3v) is 8.00. The molecule has 4 heterocycles. The van der Waals surface area contributed by atoms with Crippen molar-refractivity contribution >= 4 is 68.3 Å². The first kappa shape index (κ1) is 44.3. The van der Waals surface area contributed by atoms with Gasteiger partial charge in [-0.1, -0.05) is 22.7 Å². The highest BCUT2D eigenvalue weighted by atomic mass is 79.9. The zero-order chi connectivity index (χ0) is 26.2. The summed E-state index contributed by atoms with van der Waals surface area (Å²) in [6, 6.07) is 0. The fraction of sp³-hybridized carbons (Fsp3) is 0.417. The molecule has 0 aliphatic carbocycles. The van der Waals surface area contributed by atoms with Gasteiger partial charge in [0.15, 0.2) is 24.5 Å². The van der Waals surface area contributed by atoms with Gasteiger partial charge < -0.3 is 61.1 Å². The molecule has 0 unspecified atom stereocenters. The third kappa shape index (κ3) is 12.5. The minimum absolute atomic E-state index is 0. The zero-order valence-electron chi connectivity index (χ0n) is 23.2. The van der Waals surface area contributed by atoms with Gasteiger partial charge in [0.1, 0.15) is 23.3 Å². The number of aromatic nitrogens is 6. The average Bonchev–Trinajstić information content (AvgIpc) is 3.35. The van der Waals surface area contributed by atoms with E-state index >= 15 is 0 Å². The smallest absolute Gasteiger partial charge is 0.225 e. The maximum Gasteiger partial charge on any atom is 0.225 e. The molecule has 0 aromatic carbocycles. The van der Waals surface area contributed by atoms with E-state index in [0.29, 0.717) is 49.2 Å². The van der Waals surface area contributed by atoms with E-state index in [2.05, 4.69) is 29.1 Å². The Labute approximate surface area is 290 Å². The maximum atomic E-state index is 8.98. The summed E-state index contributed by atoms with van der Waals surface area (Å²) in [7, 11) is 0. The van der Waals surface area contributed by atoms with Gasteiger partial charge in [0.2, 0.25) is 11.0 Å². The number of halogens is 4. The van der Waals surface area contributed by atoms with Crippen molar-refractivity contribution in [2.24, 2.45) is 0 Å². The Bertz CT molecular complexity index is 1230. The molecule has 0 spiro atoms. The number of rotatable bonds is 8. The lowest BCUT2D eigenvalue weighted by molar-refractivity contribution is -0.689. The number of nitrogens with zero attached hydrogens (tertiary/aromatic N) is 6. The van der Waals surface area contributed by atoms with E-state index in [4.69, 9.17) is 21.7 Å². The molecule has 0 aliphatic heterocycles. The van der Waals surface area contributed by atoms with Crippen LogP contribution < -0.4 is 54.6 Å². The van der Waals surface area contributed by atoms with Gasteiger partial charge in [0.25, 0.3) is 0 Å². The van der Waals surface area contributed by atoms with Crippen LogP contribution in [0.15, 0.2) is 23.4 Å². The van der Waals surface area contributed by atoms with Crippen LogP contribution >= 0.6 is 56.6 Å². The van der Waals surface area contributed by atoms with Crippen LogP contribution in [-0.2, 0) is 25.9 Å². The summed E-state index contributed by atoms with van der Waals surface area (Å²) in [5, 5.41) is 18.0. The number of hydrogen-bond acceptors (Lipinski definition) is 10.